The molecule has 0 saturated heterocycles. The molecule has 4 rings (SSSR count). The maximum atomic E-state index is 13.4. The second kappa shape index (κ2) is 10.7. The van der Waals surface area contributed by atoms with Gasteiger partial charge in [-0.1, -0.05) is 50.2 Å². The molecule has 1 aliphatic rings. The van der Waals surface area contributed by atoms with Crippen LogP contribution in [-0.4, -0.2) is 53.7 Å². The highest BCUT2D eigenvalue weighted by Gasteiger charge is 2.27. The van der Waals surface area contributed by atoms with Crippen LogP contribution < -0.4 is 10.6 Å². The number of benzene rings is 2. The molecule has 0 aliphatic carbocycles. The first kappa shape index (κ1) is 25.1. The summed E-state index contributed by atoms with van der Waals surface area (Å²) in [6, 6.07) is 14.8. The number of H-pyrrole nitrogens is 1. The first-order valence-electron chi connectivity index (χ1n) is 12.3. The minimum Gasteiger partial charge on any atom is -0.358 e. The number of amides is 2. The van der Waals surface area contributed by atoms with E-state index in [0.29, 0.717) is 40.2 Å². The number of nitrogens with one attached hydrogen (secondary N) is 3. The number of Topliss-reactive ketones (excluding diaryl/α,β-unsaturated/α-hetero) is 1. The average Bonchev–Trinajstić information content (AvgIpc) is 3.37. The molecule has 7 nitrogen and oxygen atoms in total. The van der Waals surface area contributed by atoms with Gasteiger partial charge in [-0.2, -0.15) is 0 Å². The molecule has 1 aliphatic heterocycles. The first-order valence-corrected chi connectivity index (χ1v) is 12.3. The van der Waals surface area contributed by atoms with Gasteiger partial charge in [0.05, 0.1) is 11.1 Å². The van der Waals surface area contributed by atoms with Crippen LogP contribution in [0.4, 0.5) is 5.69 Å². The van der Waals surface area contributed by atoms with Gasteiger partial charge in [-0.3, -0.25) is 14.4 Å². The maximum Gasteiger partial charge on any atom is 0.256 e. The van der Waals surface area contributed by atoms with Crippen molar-refractivity contribution in [2.45, 2.75) is 27.7 Å². The number of nitrogens with zero attached hydrogens (tertiary/aromatic N) is 1. The van der Waals surface area contributed by atoms with E-state index < -0.39 is 0 Å². The molecule has 186 valence electrons. The summed E-state index contributed by atoms with van der Waals surface area (Å²) in [6.07, 6.45) is 1.79. The average molecular weight is 485 g/mol. The standard InChI is InChI=1S/C29H32N4O3/c1-5-33(6-2)15-14-30-29(36)26-18(3)31-25(27(26)21-11-9-10-20(16-21)19(4)34)17-23-22-12-7-8-13-24(22)32-28(23)35/h7-13,16-17,31H,5-6,14-15H2,1-4H3,(H,30,36)(H,32,35)/b23-17-. The van der Waals surface area contributed by atoms with E-state index in [2.05, 4.69) is 34.4 Å². The summed E-state index contributed by atoms with van der Waals surface area (Å²) in [4.78, 5) is 43.9. The van der Waals surface area contributed by atoms with Crippen LogP contribution in [-0.2, 0) is 4.79 Å². The Morgan fingerprint density at radius 2 is 1.81 bits per heavy atom. The van der Waals surface area contributed by atoms with E-state index in [1.54, 1.807) is 18.2 Å². The fourth-order valence-electron chi connectivity index (χ4n) is 4.62. The lowest BCUT2D eigenvalue weighted by Crippen LogP contribution is -2.35. The number of carbonyl (C=O) groups excluding carboxylic acids is 3. The number of aromatic nitrogens is 1. The third kappa shape index (κ3) is 5.02. The molecule has 36 heavy (non-hydrogen) atoms. The van der Waals surface area contributed by atoms with Crippen molar-refractivity contribution in [1.82, 2.24) is 15.2 Å². The summed E-state index contributed by atoms with van der Waals surface area (Å²) >= 11 is 0. The number of aromatic amines is 1. The number of hydrogen-bond donors (Lipinski definition) is 3. The van der Waals surface area contributed by atoms with E-state index in [1.807, 2.05) is 43.3 Å². The lowest BCUT2D eigenvalue weighted by atomic mass is 9.95. The van der Waals surface area contributed by atoms with Gasteiger partial charge in [-0.25, -0.2) is 0 Å². The van der Waals surface area contributed by atoms with Gasteiger partial charge < -0.3 is 20.5 Å². The Morgan fingerprint density at radius 1 is 1.06 bits per heavy atom. The third-order valence-corrected chi connectivity index (χ3v) is 6.61. The molecule has 0 radical (unpaired) electrons. The largest absolute Gasteiger partial charge is 0.358 e. The van der Waals surface area contributed by atoms with Crippen molar-refractivity contribution in [1.29, 1.82) is 0 Å². The van der Waals surface area contributed by atoms with E-state index >= 15 is 0 Å². The molecule has 0 atom stereocenters. The molecule has 2 heterocycles. The second-order valence-corrected chi connectivity index (χ2v) is 8.89. The van der Waals surface area contributed by atoms with Crippen molar-refractivity contribution >= 4 is 34.9 Å². The number of rotatable bonds is 9. The quantitative estimate of drug-likeness (QED) is 0.302. The Kier molecular flexibility index (Phi) is 7.50. The molecule has 0 unspecified atom stereocenters. The van der Waals surface area contributed by atoms with Crippen molar-refractivity contribution in [2.24, 2.45) is 0 Å². The fraction of sp³-hybridized carbons (Fsp3) is 0.276. The summed E-state index contributed by atoms with van der Waals surface area (Å²) < 4.78 is 0. The topological polar surface area (TPSA) is 94.3 Å². The van der Waals surface area contributed by atoms with E-state index in [1.165, 1.54) is 6.92 Å². The highest BCUT2D eigenvalue weighted by Crippen LogP contribution is 2.37. The van der Waals surface area contributed by atoms with Gasteiger partial charge in [0.1, 0.15) is 0 Å². The number of anilines is 1. The molecule has 2 aromatic carbocycles. The van der Waals surface area contributed by atoms with Crippen LogP contribution in [0.3, 0.4) is 0 Å². The number of para-hydroxylation sites is 1. The number of likely N-dealkylation sites (N-methyl/N-ethyl adjacent to an activating group) is 1. The minimum absolute atomic E-state index is 0.0571. The van der Waals surface area contributed by atoms with Gasteiger partial charge in [0, 0.05) is 46.9 Å². The molecule has 2 amide bonds. The molecule has 0 spiro atoms. The summed E-state index contributed by atoms with van der Waals surface area (Å²) in [5.74, 6) is -0.449. The lowest BCUT2D eigenvalue weighted by Gasteiger charge is -2.18. The smallest absolute Gasteiger partial charge is 0.256 e. The SMILES string of the molecule is CCN(CC)CCNC(=O)c1c(C)[nH]c(/C=C2\C(=O)Nc3ccccc32)c1-c1cccc(C(C)=O)c1. The van der Waals surface area contributed by atoms with Crippen molar-refractivity contribution in [3.05, 3.63) is 76.6 Å². The number of ketones is 1. The normalized spacial score (nSPS) is 13.7. The summed E-state index contributed by atoms with van der Waals surface area (Å²) in [5, 5.41) is 5.95. The van der Waals surface area contributed by atoms with Crippen LogP contribution in [0.1, 0.15) is 58.4 Å². The predicted molar refractivity (Wildman–Crippen MR) is 144 cm³/mol. The Morgan fingerprint density at radius 3 is 2.53 bits per heavy atom. The number of carbonyl (C=O) groups is 3. The number of hydrogen-bond acceptors (Lipinski definition) is 4. The zero-order chi connectivity index (χ0) is 25.8. The molecule has 0 fully saturated rings. The number of fused-ring (bicyclic) bond motifs is 1. The van der Waals surface area contributed by atoms with Crippen LogP contribution in [0.2, 0.25) is 0 Å². The molecular weight excluding hydrogens is 452 g/mol. The monoisotopic (exact) mass is 484 g/mol. The molecule has 3 N–H and O–H groups in total. The number of aryl methyl sites for hydroxylation is 1. The van der Waals surface area contributed by atoms with Crippen molar-refractivity contribution in [3.63, 3.8) is 0 Å². The van der Waals surface area contributed by atoms with Crippen molar-refractivity contribution in [2.75, 3.05) is 31.5 Å². The highest BCUT2D eigenvalue weighted by molar-refractivity contribution is 6.35. The first-order chi connectivity index (χ1) is 17.3. The van der Waals surface area contributed by atoms with E-state index in [-0.39, 0.29) is 17.6 Å². The molecule has 3 aromatic rings. The lowest BCUT2D eigenvalue weighted by molar-refractivity contribution is -0.110. The minimum atomic E-state index is -0.197. The molecular formula is C29H32N4O3. The van der Waals surface area contributed by atoms with Gasteiger partial charge in [0.2, 0.25) is 0 Å². The van der Waals surface area contributed by atoms with Crippen LogP contribution in [0.15, 0.2) is 48.5 Å². The van der Waals surface area contributed by atoms with Crippen LogP contribution in [0.25, 0.3) is 22.8 Å². The Labute approximate surface area is 211 Å². The van der Waals surface area contributed by atoms with E-state index in [0.717, 1.165) is 36.4 Å². The van der Waals surface area contributed by atoms with Crippen LogP contribution in [0, 0.1) is 6.92 Å². The van der Waals surface area contributed by atoms with Gasteiger partial charge >= 0.3 is 0 Å². The van der Waals surface area contributed by atoms with Gasteiger partial charge in [0.25, 0.3) is 11.8 Å². The van der Waals surface area contributed by atoms with E-state index in [9.17, 15) is 14.4 Å². The van der Waals surface area contributed by atoms with Gasteiger partial charge in [0.15, 0.2) is 5.78 Å². The molecule has 7 heteroatoms. The van der Waals surface area contributed by atoms with E-state index in [4.69, 9.17) is 0 Å². The van der Waals surface area contributed by atoms with Crippen LogP contribution >= 0.6 is 0 Å². The second-order valence-electron chi connectivity index (χ2n) is 8.89. The Balaban J connectivity index is 1.80. The van der Waals surface area contributed by atoms with Gasteiger partial charge in [-0.05, 0) is 50.7 Å². The summed E-state index contributed by atoms with van der Waals surface area (Å²) in [5.41, 5.74) is 5.89. The van der Waals surface area contributed by atoms with Crippen molar-refractivity contribution in [3.8, 4) is 11.1 Å². The Bertz CT molecular complexity index is 1350. The fourth-order valence-corrected chi connectivity index (χ4v) is 4.62. The molecule has 0 bridgehead atoms. The molecule has 0 saturated carbocycles. The third-order valence-electron chi connectivity index (χ3n) is 6.61. The zero-order valence-electron chi connectivity index (χ0n) is 21.2. The zero-order valence-corrected chi connectivity index (χ0v) is 21.2. The maximum absolute atomic E-state index is 13.4. The molecule has 1 aromatic heterocycles. The highest BCUT2D eigenvalue weighted by atomic mass is 16.2. The summed E-state index contributed by atoms with van der Waals surface area (Å²) in [6.45, 7) is 10.7. The summed E-state index contributed by atoms with van der Waals surface area (Å²) in [7, 11) is 0. The Hall–Kier alpha value is -3.97. The predicted octanol–water partition coefficient (Wildman–Crippen LogP) is 4.76. The van der Waals surface area contributed by atoms with Gasteiger partial charge in [-0.15, -0.1) is 0 Å². The van der Waals surface area contributed by atoms with Crippen molar-refractivity contribution < 1.29 is 14.4 Å². The van der Waals surface area contributed by atoms with Crippen LogP contribution in [0.5, 0.6) is 0 Å².